The van der Waals surface area contributed by atoms with Gasteiger partial charge in [-0.05, 0) is 49.1 Å². The number of rotatable bonds is 2. The van der Waals surface area contributed by atoms with Crippen LogP contribution in [-0.2, 0) is 17.6 Å². The number of fused-ring (bicyclic) bond motifs is 2. The SMILES string of the molecule is O=C1CCc2c(Oc3ccc4c(c3)CCCO4)ccnc2N1. The Bertz CT molecular complexity index is 743. The highest BCUT2D eigenvalue weighted by Crippen LogP contribution is 2.35. The molecule has 22 heavy (non-hydrogen) atoms. The number of aryl methyl sites for hydroxylation is 1. The highest BCUT2D eigenvalue weighted by molar-refractivity contribution is 5.93. The van der Waals surface area contributed by atoms with E-state index in [0.717, 1.165) is 42.3 Å². The quantitative estimate of drug-likeness (QED) is 0.925. The Hall–Kier alpha value is -2.56. The van der Waals surface area contributed by atoms with E-state index in [1.165, 1.54) is 5.56 Å². The lowest BCUT2D eigenvalue weighted by Gasteiger charge is -2.20. The summed E-state index contributed by atoms with van der Waals surface area (Å²) in [6.45, 7) is 0.783. The molecule has 5 heteroatoms. The summed E-state index contributed by atoms with van der Waals surface area (Å²) in [5.74, 6) is 3.09. The van der Waals surface area contributed by atoms with Crippen LogP contribution in [0.2, 0.25) is 0 Å². The summed E-state index contributed by atoms with van der Waals surface area (Å²) in [5.41, 5.74) is 2.14. The molecule has 1 amide bonds. The third-order valence-corrected chi connectivity index (χ3v) is 3.98. The van der Waals surface area contributed by atoms with Crippen LogP contribution in [0.5, 0.6) is 17.2 Å². The molecule has 2 aliphatic heterocycles. The van der Waals surface area contributed by atoms with Gasteiger partial charge in [-0.25, -0.2) is 4.98 Å². The van der Waals surface area contributed by atoms with E-state index in [4.69, 9.17) is 9.47 Å². The van der Waals surface area contributed by atoms with E-state index in [-0.39, 0.29) is 5.91 Å². The number of hydrogen-bond donors (Lipinski definition) is 1. The number of amides is 1. The number of aromatic nitrogens is 1. The molecule has 0 fully saturated rings. The van der Waals surface area contributed by atoms with Crippen LogP contribution in [0, 0.1) is 0 Å². The molecule has 0 atom stereocenters. The molecule has 2 aromatic rings. The molecule has 1 aromatic heterocycles. The van der Waals surface area contributed by atoms with Crippen molar-refractivity contribution < 1.29 is 14.3 Å². The zero-order chi connectivity index (χ0) is 14.9. The molecule has 0 saturated heterocycles. The van der Waals surface area contributed by atoms with Crippen molar-refractivity contribution >= 4 is 11.7 Å². The number of anilines is 1. The van der Waals surface area contributed by atoms with E-state index < -0.39 is 0 Å². The summed E-state index contributed by atoms with van der Waals surface area (Å²) in [6.07, 6.45) is 4.82. The maximum absolute atomic E-state index is 11.5. The van der Waals surface area contributed by atoms with Gasteiger partial charge in [-0.3, -0.25) is 4.79 Å². The van der Waals surface area contributed by atoms with Crippen LogP contribution in [0.15, 0.2) is 30.5 Å². The average molecular weight is 296 g/mol. The Balaban J connectivity index is 1.64. The molecule has 0 bridgehead atoms. The first-order valence-electron chi connectivity index (χ1n) is 7.51. The number of benzene rings is 1. The monoisotopic (exact) mass is 296 g/mol. The van der Waals surface area contributed by atoms with Crippen LogP contribution in [0.25, 0.3) is 0 Å². The minimum atomic E-state index is 0.00285. The summed E-state index contributed by atoms with van der Waals surface area (Å²) < 4.78 is 11.6. The van der Waals surface area contributed by atoms with Gasteiger partial charge in [0, 0.05) is 18.2 Å². The number of ether oxygens (including phenoxy) is 2. The third kappa shape index (κ3) is 2.39. The second-order valence-corrected chi connectivity index (χ2v) is 5.51. The van der Waals surface area contributed by atoms with E-state index in [1.807, 2.05) is 24.3 Å². The van der Waals surface area contributed by atoms with Crippen molar-refractivity contribution in [1.82, 2.24) is 4.98 Å². The number of nitrogens with one attached hydrogen (secondary N) is 1. The van der Waals surface area contributed by atoms with E-state index in [0.29, 0.717) is 18.7 Å². The predicted molar refractivity (Wildman–Crippen MR) is 81.5 cm³/mol. The molecule has 1 aromatic carbocycles. The van der Waals surface area contributed by atoms with E-state index >= 15 is 0 Å². The van der Waals surface area contributed by atoms with Crippen molar-refractivity contribution in [3.05, 3.63) is 41.6 Å². The van der Waals surface area contributed by atoms with Crippen LogP contribution in [0.3, 0.4) is 0 Å². The first-order valence-corrected chi connectivity index (χ1v) is 7.51. The fraction of sp³-hybridized carbons (Fsp3) is 0.294. The van der Waals surface area contributed by atoms with Crippen LogP contribution < -0.4 is 14.8 Å². The summed E-state index contributed by atoms with van der Waals surface area (Å²) in [6, 6.07) is 7.74. The van der Waals surface area contributed by atoms with Gasteiger partial charge in [-0.1, -0.05) is 0 Å². The van der Waals surface area contributed by atoms with Crippen molar-refractivity contribution in [3.8, 4) is 17.2 Å². The maximum atomic E-state index is 11.5. The lowest BCUT2D eigenvalue weighted by Crippen LogP contribution is -2.20. The van der Waals surface area contributed by atoms with Gasteiger partial charge in [0.2, 0.25) is 5.91 Å². The van der Waals surface area contributed by atoms with Crippen LogP contribution in [0.4, 0.5) is 5.82 Å². The largest absolute Gasteiger partial charge is 0.493 e. The lowest BCUT2D eigenvalue weighted by atomic mass is 10.1. The maximum Gasteiger partial charge on any atom is 0.225 e. The molecule has 0 unspecified atom stereocenters. The molecule has 5 nitrogen and oxygen atoms in total. The predicted octanol–water partition coefficient (Wildman–Crippen LogP) is 3.08. The third-order valence-electron chi connectivity index (χ3n) is 3.98. The second kappa shape index (κ2) is 5.33. The zero-order valence-electron chi connectivity index (χ0n) is 12.1. The molecule has 0 saturated carbocycles. The van der Waals surface area contributed by atoms with Gasteiger partial charge in [0.1, 0.15) is 23.1 Å². The molecule has 0 spiro atoms. The minimum Gasteiger partial charge on any atom is -0.493 e. The number of carbonyl (C=O) groups excluding carboxylic acids is 1. The fourth-order valence-corrected chi connectivity index (χ4v) is 2.88. The van der Waals surface area contributed by atoms with Crippen molar-refractivity contribution in [2.75, 3.05) is 11.9 Å². The van der Waals surface area contributed by atoms with Crippen molar-refractivity contribution in [1.29, 1.82) is 0 Å². The van der Waals surface area contributed by atoms with E-state index in [2.05, 4.69) is 10.3 Å². The average Bonchev–Trinajstić information content (AvgIpc) is 2.55. The van der Waals surface area contributed by atoms with Gasteiger partial charge in [-0.15, -0.1) is 0 Å². The summed E-state index contributed by atoms with van der Waals surface area (Å²) in [5, 5.41) is 2.79. The molecule has 4 rings (SSSR count). The molecule has 1 N–H and O–H groups in total. The smallest absolute Gasteiger partial charge is 0.225 e. The highest BCUT2D eigenvalue weighted by atomic mass is 16.5. The minimum absolute atomic E-state index is 0.00285. The summed E-state index contributed by atoms with van der Waals surface area (Å²) in [4.78, 5) is 15.7. The van der Waals surface area contributed by atoms with Gasteiger partial charge in [-0.2, -0.15) is 0 Å². The van der Waals surface area contributed by atoms with Gasteiger partial charge >= 0.3 is 0 Å². The lowest BCUT2D eigenvalue weighted by molar-refractivity contribution is -0.116. The Labute approximate surface area is 128 Å². The van der Waals surface area contributed by atoms with Gasteiger partial charge in [0.05, 0.1) is 6.61 Å². The number of pyridine rings is 1. The first-order chi connectivity index (χ1) is 10.8. The number of hydrogen-bond acceptors (Lipinski definition) is 4. The molecule has 0 radical (unpaired) electrons. The van der Waals surface area contributed by atoms with Crippen molar-refractivity contribution in [2.24, 2.45) is 0 Å². The van der Waals surface area contributed by atoms with Crippen LogP contribution >= 0.6 is 0 Å². The topological polar surface area (TPSA) is 60.5 Å². The Morgan fingerprint density at radius 3 is 3.09 bits per heavy atom. The second-order valence-electron chi connectivity index (χ2n) is 5.51. The summed E-state index contributed by atoms with van der Waals surface area (Å²) >= 11 is 0. The van der Waals surface area contributed by atoms with Gasteiger partial charge in [0.25, 0.3) is 0 Å². The highest BCUT2D eigenvalue weighted by Gasteiger charge is 2.20. The normalized spacial score (nSPS) is 16.1. The molecule has 0 aliphatic carbocycles. The molecule has 2 aliphatic rings. The molecule has 3 heterocycles. The standard InChI is InChI=1S/C17H16N2O3/c20-16-6-4-13-15(7-8-18-17(13)19-16)22-12-3-5-14-11(10-12)2-1-9-21-14/h3,5,7-8,10H,1-2,4,6,9H2,(H,18,19,20). The number of carbonyl (C=O) groups is 1. The molecule has 112 valence electrons. The van der Waals surface area contributed by atoms with Gasteiger partial charge in [0.15, 0.2) is 0 Å². The molecular weight excluding hydrogens is 280 g/mol. The Morgan fingerprint density at radius 2 is 2.14 bits per heavy atom. The first kappa shape index (κ1) is 13.1. The zero-order valence-corrected chi connectivity index (χ0v) is 12.1. The van der Waals surface area contributed by atoms with Crippen molar-refractivity contribution in [3.63, 3.8) is 0 Å². The summed E-state index contributed by atoms with van der Waals surface area (Å²) in [7, 11) is 0. The fourth-order valence-electron chi connectivity index (χ4n) is 2.88. The Morgan fingerprint density at radius 1 is 1.18 bits per heavy atom. The van der Waals surface area contributed by atoms with E-state index in [1.54, 1.807) is 6.20 Å². The number of nitrogens with zero attached hydrogens (tertiary/aromatic N) is 1. The Kier molecular flexibility index (Phi) is 3.18. The van der Waals surface area contributed by atoms with Crippen LogP contribution in [-0.4, -0.2) is 17.5 Å². The van der Waals surface area contributed by atoms with Crippen molar-refractivity contribution in [2.45, 2.75) is 25.7 Å². The van der Waals surface area contributed by atoms with Crippen LogP contribution in [0.1, 0.15) is 24.0 Å². The van der Waals surface area contributed by atoms with Gasteiger partial charge < -0.3 is 14.8 Å². The van der Waals surface area contributed by atoms with E-state index in [9.17, 15) is 4.79 Å². The molecular formula is C17H16N2O3.